The maximum atomic E-state index is 10.6. The van der Waals surface area contributed by atoms with E-state index in [1.807, 2.05) is 6.07 Å². The van der Waals surface area contributed by atoms with E-state index in [1.54, 1.807) is 6.07 Å². The molecular formula is C10H6N4O2. The van der Waals surface area contributed by atoms with Gasteiger partial charge in [-0.25, -0.2) is 14.5 Å². The van der Waals surface area contributed by atoms with Crippen molar-refractivity contribution >= 4 is 5.97 Å². The van der Waals surface area contributed by atoms with Gasteiger partial charge < -0.3 is 5.11 Å². The molecule has 0 bridgehead atoms. The van der Waals surface area contributed by atoms with E-state index >= 15 is 0 Å². The molecule has 2 heterocycles. The number of rotatable bonds is 2. The third-order valence-electron chi connectivity index (χ3n) is 1.93. The van der Waals surface area contributed by atoms with Crippen molar-refractivity contribution in [3.63, 3.8) is 0 Å². The monoisotopic (exact) mass is 214 g/mol. The van der Waals surface area contributed by atoms with Gasteiger partial charge in [0.1, 0.15) is 11.8 Å². The molecule has 2 rings (SSSR count). The van der Waals surface area contributed by atoms with Crippen LogP contribution in [-0.4, -0.2) is 25.8 Å². The van der Waals surface area contributed by atoms with E-state index in [2.05, 4.69) is 10.1 Å². The molecule has 0 saturated carbocycles. The lowest BCUT2D eigenvalue weighted by Crippen LogP contribution is -2.01. The molecule has 6 heteroatoms. The molecule has 0 saturated heterocycles. The summed E-state index contributed by atoms with van der Waals surface area (Å²) in [7, 11) is 0. The Kier molecular flexibility index (Phi) is 2.36. The molecule has 0 spiro atoms. The molecule has 6 nitrogen and oxygen atoms in total. The van der Waals surface area contributed by atoms with Gasteiger partial charge in [0.05, 0.1) is 5.69 Å². The minimum absolute atomic E-state index is 0.0460. The summed E-state index contributed by atoms with van der Waals surface area (Å²) in [4.78, 5) is 14.4. The van der Waals surface area contributed by atoms with Gasteiger partial charge in [-0.3, -0.25) is 0 Å². The average molecular weight is 214 g/mol. The van der Waals surface area contributed by atoms with Crippen molar-refractivity contribution in [2.75, 3.05) is 0 Å². The van der Waals surface area contributed by atoms with Gasteiger partial charge in [-0.1, -0.05) is 0 Å². The van der Waals surface area contributed by atoms with Crippen molar-refractivity contribution in [3.8, 4) is 11.8 Å². The molecule has 0 aliphatic carbocycles. The minimum atomic E-state index is -1.09. The molecule has 0 radical (unpaired) electrons. The van der Waals surface area contributed by atoms with Crippen molar-refractivity contribution in [2.45, 2.75) is 0 Å². The van der Waals surface area contributed by atoms with Gasteiger partial charge >= 0.3 is 5.97 Å². The average Bonchev–Trinajstić information content (AvgIpc) is 2.78. The van der Waals surface area contributed by atoms with Gasteiger partial charge in [0, 0.05) is 18.5 Å². The fraction of sp³-hybridized carbons (Fsp3) is 0. The summed E-state index contributed by atoms with van der Waals surface area (Å²) in [5, 5.41) is 21.2. The summed E-state index contributed by atoms with van der Waals surface area (Å²) >= 11 is 0. The number of nitriles is 1. The van der Waals surface area contributed by atoms with Crippen LogP contribution in [0, 0.1) is 11.3 Å². The lowest BCUT2D eigenvalue weighted by atomic mass is 10.3. The summed E-state index contributed by atoms with van der Waals surface area (Å²) in [6, 6.07) is 6.45. The summed E-state index contributed by atoms with van der Waals surface area (Å²) in [5.41, 5.74) is 0.805. The Labute approximate surface area is 90.4 Å². The number of carboxylic acid groups (broad SMARTS) is 1. The Hall–Kier alpha value is -2.68. The van der Waals surface area contributed by atoms with Crippen LogP contribution in [0.1, 0.15) is 16.2 Å². The van der Waals surface area contributed by atoms with E-state index in [0.29, 0.717) is 5.69 Å². The standard InChI is InChI=1S/C10H6N4O2/c11-6-7-5-8(1-3-12-7)14-4-2-9(13-14)10(15)16/h1-5H,(H,15,16). The number of pyridine rings is 1. The van der Waals surface area contributed by atoms with Crippen LogP contribution >= 0.6 is 0 Å². The fourth-order valence-corrected chi connectivity index (χ4v) is 1.20. The Bertz CT molecular complexity index is 583. The van der Waals surface area contributed by atoms with Crippen LogP contribution < -0.4 is 0 Å². The maximum Gasteiger partial charge on any atom is 0.356 e. The van der Waals surface area contributed by atoms with Crippen LogP contribution in [-0.2, 0) is 0 Å². The highest BCUT2D eigenvalue weighted by Gasteiger charge is 2.07. The number of aromatic carboxylic acids is 1. The second-order valence-corrected chi connectivity index (χ2v) is 2.96. The summed E-state index contributed by atoms with van der Waals surface area (Å²) < 4.78 is 1.38. The van der Waals surface area contributed by atoms with Crippen LogP contribution in [0.2, 0.25) is 0 Å². The van der Waals surface area contributed by atoms with Crippen molar-refractivity contribution in [1.29, 1.82) is 5.26 Å². The molecule has 2 aromatic heterocycles. The molecular weight excluding hydrogens is 208 g/mol. The normalized spacial score (nSPS) is 9.69. The van der Waals surface area contributed by atoms with Gasteiger partial charge in [0.2, 0.25) is 0 Å². The molecule has 0 amide bonds. The minimum Gasteiger partial charge on any atom is -0.476 e. The van der Waals surface area contributed by atoms with Crippen LogP contribution in [0.25, 0.3) is 5.69 Å². The molecule has 0 fully saturated rings. The van der Waals surface area contributed by atoms with Crippen molar-refractivity contribution < 1.29 is 9.90 Å². The third kappa shape index (κ3) is 1.74. The first kappa shape index (κ1) is 9.86. The summed E-state index contributed by atoms with van der Waals surface area (Å²) in [5.74, 6) is -1.09. The molecule has 16 heavy (non-hydrogen) atoms. The smallest absolute Gasteiger partial charge is 0.356 e. The maximum absolute atomic E-state index is 10.6. The first-order chi connectivity index (χ1) is 7.70. The highest BCUT2D eigenvalue weighted by atomic mass is 16.4. The molecule has 0 aromatic carbocycles. The third-order valence-corrected chi connectivity index (χ3v) is 1.93. The van der Waals surface area contributed by atoms with E-state index in [9.17, 15) is 4.79 Å². The Morgan fingerprint density at radius 2 is 2.31 bits per heavy atom. The zero-order chi connectivity index (χ0) is 11.5. The van der Waals surface area contributed by atoms with Gasteiger partial charge in [-0.15, -0.1) is 0 Å². The Morgan fingerprint density at radius 1 is 1.50 bits per heavy atom. The number of carbonyl (C=O) groups is 1. The zero-order valence-electron chi connectivity index (χ0n) is 8.03. The van der Waals surface area contributed by atoms with Gasteiger partial charge in [0.15, 0.2) is 5.69 Å². The molecule has 0 atom stereocenters. The molecule has 0 aliphatic heterocycles. The second kappa shape index (κ2) is 3.82. The molecule has 0 unspecified atom stereocenters. The first-order valence-electron chi connectivity index (χ1n) is 4.36. The van der Waals surface area contributed by atoms with Crippen molar-refractivity contribution in [2.24, 2.45) is 0 Å². The first-order valence-corrected chi connectivity index (χ1v) is 4.36. The van der Waals surface area contributed by atoms with E-state index in [4.69, 9.17) is 10.4 Å². The highest BCUT2D eigenvalue weighted by molar-refractivity contribution is 5.85. The molecule has 78 valence electrons. The summed E-state index contributed by atoms with van der Waals surface area (Å²) in [6.07, 6.45) is 2.98. The Balaban J connectivity index is 2.43. The number of hydrogen-bond acceptors (Lipinski definition) is 4. The predicted molar refractivity (Wildman–Crippen MR) is 53.0 cm³/mol. The highest BCUT2D eigenvalue weighted by Crippen LogP contribution is 2.08. The number of aromatic nitrogens is 3. The Morgan fingerprint density at radius 3 is 2.94 bits per heavy atom. The van der Waals surface area contributed by atoms with Gasteiger partial charge in [0.25, 0.3) is 0 Å². The number of carboxylic acids is 1. The lowest BCUT2D eigenvalue weighted by molar-refractivity contribution is 0.0690. The molecule has 2 aromatic rings. The number of nitrogens with zero attached hydrogens (tertiary/aromatic N) is 4. The molecule has 0 aliphatic rings. The SMILES string of the molecule is N#Cc1cc(-n2ccc(C(=O)O)n2)ccn1. The van der Waals surface area contributed by atoms with E-state index in [0.717, 1.165) is 0 Å². The predicted octanol–water partition coefficient (Wildman–Crippen LogP) is 0.837. The van der Waals surface area contributed by atoms with Crippen LogP contribution in [0.3, 0.4) is 0 Å². The van der Waals surface area contributed by atoms with E-state index in [-0.39, 0.29) is 11.4 Å². The van der Waals surface area contributed by atoms with E-state index in [1.165, 1.54) is 29.2 Å². The van der Waals surface area contributed by atoms with Gasteiger partial charge in [-0.2, -0.15) is 10.4 Å². The van der Waals surface area contributed by atoms with Crippen LogP contribution in [0.15, 0.2) is 30.6 Å². The van der Waals surface area contributed by atoms with Gasteiger partial charge in [-0.05, 0) is 12.1 Å². The van der Waals surface area contributed by atoms with Crippen molar-refractivity contribution in [3.05, 3.63) is 42.0 Å². The summed E-state index contributed by atoms with van der Waals surface area (Å²) in [6.45, 7) is 0. The quantitative estimate of drug-likeness (QED) is 0.799. The van der Waals surface area contributed by atoms with Crippen LogP contribution in [0.4, 0.5) is 0 Å². The van der Waals surface area contributed by atoms with E-state index < -0.39 is 5.97 Å². The zero-order valence-corrected chi connectivity index (χ0v) is 8.03. The second-order valence-electron chi connectivity index (χ2n) is 2.96. The number of hydrogen-bond donors (Lipinski definition) is 1. The fourth-order valence-electron chi connectivity index (χ4n) is 1.20. The van der Waals surface area contributed by atoms with Crippen LogP contribution in [0.5, 0.6) is 0 Å². The largest absolute Gasteiger partial charge is 0.476 e. The topological polar surface area (TPSA) is 91.8 Å². The molecule has 1 N–H and O–H groups in total. The lowest BCUT2D eigenvalue weighted by Gasteiger charge is -1.99. The van der Waals surface area contributed by atoms with Crippen molar-refractivity contribution in [1.82, 2.24) is 14.8 Å².